The molecule has 9 nitrogen and oxygen atoms in total. The van der Waals surface area contributed by atoms with Crippen LogP contribution < -0.4 is 5.32 Å². The maximum atomic E-state index is 12.9. The lowest BCUT2D eigenvalue weighted by atomic mass is 10.1. The number of hydrogen-bond donors (Lipinski definition) is 1. The minimum Gasteiger partial charge on any atom is -0.363 e. The minimum atomic E-state index is -0.531. The Hall–Kier alpha value is -3.23. The summed E-state index contributed by atoms with van der Waals surface area (Å²) < 4.78 is 4.64. The molecule has 1 aromatic carbocycles. The van der Waals surface area contributed by atoms with E-state index in [9.17, 15) is 19.7 Å². The van der Waals surface area contributed by atoms with Crippen LogP contribution in [-0.4, -0.2) is 39.4 Å². The first-order valence-corrected chi connectivity index (χ1v) is 8.09. The van der Waals surface area contributed by atoms with Crippen LogP contribution in [0.3, 0.4) is 0 Å². The van der Waals surface area contributed by atoms with Crippen molar-refractivity contribution < 1.29 is 19.0 Å². The Balaban J connectivity index is 2.23. The van der Waals surface area contributed by atoms with E-state index < -0.39 is 16.7 Å². The first kappa shape index (κ1) is 19.1. The molecule has 1 aromatic heterocycles. The van der Waals surface area contributed by atoms with E-state index in [0.717, 1.165) is 0 Å². The molecular formula is C17H20N4O5. The molecule has 1 heterocycles. The van der Waals surface area contributed by atoms with Gasteiger partial charge in [0.15, 0.2) is 5.82 Å². The molecular weight excluding hydrogens is 340 g/mol. The number of aryl methyl sites for hydroxylation is 1. The van der Waals surface area contributed by atoms with Crippen molar-refractivity contribution in [2.24, 2.45) is 0 Å². The van der Waals surface area contributed by atoms with Gasteiger partial charge in [-0.05, 0) is 26.3 Å². The normalized spacial score (nSPS) is 11.7. The second-order valence-electron chi connectivity index (χ2n) is 5.88. The molecule has 138 valence electrons. The molecule has 0 saturated carbocycles. The maximum absolute atomic E-state index is 12.9. The number of benzene rings is 1. The number of anilines is 1. The Morgan fingerprint density at radius 3 is 2.69 bits per heavy atom. The monoisotopic (exact) mass is 360 g/mol. The predicted octanol–water partition coefficient (Wildman–Crippen LogP) is 2.77. The van der Waals surface area contributed by atoms with Gasteiger partial charge in [0.05, 0.1) is 4.92 Å². The largest absolute Gasteiger partial charge is 0.363 e. The number of carbonyl (C=O) groups excluding carboxylic acids is 2. The molecule has 0 spiro atoms. The molecule has 0 aliphatic heterocycles. The SMILES string of the molecule is CCC(C)N(CC(=O)Nc1ccon1)C(=O)c1ccc(C)c([N+](=O)[O-])c1. The second kappa shape index (κ2) is 8.24. The van der Waals surface area contributed by atoms with E-state index in [2.05, 4.69) is 15.0 Å². The quantitative estimate of drug-likeness (QED) is 0.599. The number of nitrogens with one attached hydrogen (secondary N) is 1. The van der Waals surface area contributed by atoms with Crippen molar-refractivity contribution >= 4 is 23.3 Å². The van der Waals surface area contributed by atoms with Crippen LogP contribution in [0, 0.1) is 17.0 Å². The first-order valence-electron chi connectivity index (χ1n) is 8.09. The van der Waals surface area contributed by atoms with E-state index in [-0.39, 0.29) is 29.7 Å². The number of nitro groups is 1. The lowest BCUT2D eigenvalue weighted by Gasteiger charge is -2.28. The topological polar surface area (TPSA) is 119 Å². The van der Waals surface area contributed by atoms with Gasteiger partial charge < -0.3 is 14.7 Å². The summed E-state index contributed by atoms with van der Waals surface area (Å²) in [5, 5.41) is 17.2. The van der Waals surface area contributed by atoms with Gasteiger partial charge in [-0.1, -0.05) is 18.1 Å². The van der Waals surface area contributed by atoms with Gasteiger partial charge in [0, 0.05) is 29.3 Å². The number of nitrogens with zero attached hydrogens (tertiary/aromatic N) is 3. The van der Waals surface area contributed by atoms with E-state index in [1.165, 1.54) is 35.4 Å². The number of nitro benzene ring substituents is 1. The molecule has 1 atom stereocenters. The third-order valence-electron chi connectivity index (χ3n) is 4.06. The Morgan fingerprint density at radius 2 is 2.12 bits per heavy atom. The number of amides is 2. The van der Waals surface area contributed by atoms with Crippen LogP contribution in [-0.2, 0) is 4.79 Å². The molecule has 0 radical (unpaired) electrons. The van der Waals surface area contributed by atoms with Gasteiger partial charge in [0.25, 0.3) is 11.6 Å². The lowest BCUT2D eigenvalue weighted by Crippen LogP contribution is -2.43. The van der Waals surface area contributed by atoms with E-state index in [1.807, 2.05) is 13.8 Å². The van der Waals surface area contributed by atoms with Gasteiger partial charge in [0.2, 0.25) is 5.91 Å². The van der Waals surface area contributed by atoms with Crippen molar-refractivity contribution in [1.29, 1.82) is 0 Å². The molecule has 26 heavy (non-hydrogen) atoms. The Bertz CT molecular complexity index is 803. The van der Waals surface area contributed by atoms with E-state index in [1.54, 1.807) is 6.92 Å². The van der Waals surface area contributed by atoms with Gasteiger partial charge in [0.1, 0.15) is 12.8 Å². The van der Waals surface area contributed by atoms with Gasteiger partial charge in [-0.25, -0.2) is 0 Å². The third-order valence-corrected chi connectivity index (χ3v) is 4.06. The molecule has 0 aliphatic rings. The van der Waals surface area contributed by atoms with Crippen LogP contribution in [0.15, 0.2) is 35.1 Å². The van der Waals surface area contributed by atoms with Crippen LogP contribution in [0.1, 0.15) is 36.2 Å². The zero-order valence-corrected chi connectivity index (χ0v) is 14.8. The van der Waals surface area contributed by atoms with Crippen molar-refractivity contribution in [2.75, 3.05) is 11.9 Å². The Labute approximate surface area is 150 Å². The van der Waals surface area contributed by atoms with E-state index in [0.29, 0.717) is 12.0 Å². The molecule has 1 unspecified atom stereocenters. The average Bonchev–Trinajstić information content (AvgIpc) is 3.11. The highest BCUT2D eigenvalue weighted by molar-refractivity contribution is 5.99. The fraction of sp³-hybridized carbons (Fsp3) is 0.353. The smallest absolute Gasteiger partial charge is 0.273 e. The van der Waals surface area contributed by atoms with Crippen LogP contribution in [0.2, 0.25) is 0 Å². The zero-order valence-electron chi connectivity index (χ0n) is 14.8. The number of carbonyl (C=O) groups is 2. The second-order valence-corrected chi connectivity index (χ2v) is 5.88. The molecule has 1 N–H and O–H groups in total. The highest BCUT2D eigenvalue weighted by Crippen LogP contribution is 2.21. The molecule has 2 aromatic rings. The molecule has 9 heteroatoms. The van der Waals surface area contributed by atoms with Gasteiger partial charge in [-0.3, -0.25) is 19.7 Å². The predicted molar refractivity (Wildman–Crippen MR) is 93.8 cm³/mol. The van der Waals surface area contributed by atoms with Crippen molar-refractivity contribution in [1.82, 2.24) is 10.1 Å². The molecule has 0 fully saturated rings. The summed E-state index contributed by atoms with van der Waals surface area (Å²) in [6.07, 6.45) is 1.94. The summed E-state index contributed by atoms with van der Waals surface area (Å²) in [4.78, 5) is 37.0. The highest BCUT2D eigenvalue weighted by atomic mass is 16.6. The minimum absolute atomic E-state index is 0.132. The summed E-state index contributed by atoms with van der Waals surface area (Å²) in [6, 6.07) is 5.54. The molecule has 2 rings (SSSR count). The van der Waals surface area contributed by atoms with Crippen molar-refractivity contribution in [3.05, 3.63) is 51.8 Å². The molecule has 2 amide bonds. The van der Waals surface area contributed by atoms with Crippen molar-refractivity contribution in [3.8, 4) is 0 Å². The Kier molecular flexibility index (Phi) is 6.05. The van der Waals surface area contributed by atoms with Gasteiger partial charge >= 0.3 is 0 Å². The first-order chi connectivity index (χ1) is 12.3. The summed E-state index contributed by atoms with van der Waals surface area (Å²) in [5.74, 6) is -0.635. The number of hydrogen-bond acceptors (Lipinski definition) is 6. The summed E-state index contributed by atoms with van der Waals surface area (Å²) in [6.45, 7) is 5.09. The third kappa shape index (κ3) is 4.44. The van der Waals surface area contributed by atoms with Crippen LogP contribution in [0.4, 0.5) is 11.5 Å². The maximum Gasteiger partial charge on any atom is 0.273 e. The summed E-state index contributed by atoms with van der Waals surface area (Å²) in [5.41, 5.74) is 0.495. The highest BCUT2D eigenvalue weighted by Gasteiger charge is 2.25. The fourth-order valence-corrected chi connectivity index (χ4v) is 2.37. The summed E-state index contributed by atoms with van der Waals surface area (Å²) >= 11 is 0. The molecule has 0 aliphatic carbocycles. The fourth-order valence-electron chi connectivity index (χ4n) is 2.37. The van der Waals surface area contributed by atoms with E-state index >= 15 is 0 Å². The zero-order chi connectivity index (χ0) is 19.3. The Morgan fingerprint density at radius 1 is 1.38 bits per heavy atom. The van der Waals surface area contributed by atoms with Crippen LogP contribution >= 0.6 is 0 Å². The van der Waals surface area contributed by atoms with Gasteiger partial charge in [-0.15, -0.1) is 0 Å². The van der Waals surface area contributed by atoms with Crippen LogP contribution in [0.25, 0.3) is 0 Å². The van der Waals surface area contributed by atoms with Crippen molar-refractivity contribution in [3.63, 3.8) is 0 Å². The van der Waals surface area contributed by atoms with Gasteiger partial charge in [-0.2, -0.15) is 0 Å². The van der Waals surface area contributed by atoms with Crippen LogP contribution in [0.5, 0.6) is 0 Å². The standard InChI is InChI=1S/C17H20N4O5/c1-4-12(3)20(10-16(22)18-15-7-8-26-19-15)17(23)13-6-5-11(2)14(9-13)21(24)25/h5-9,12H,4,10H2,1-3H3,(H,18,19,22). The van der Waals surface area contributed by atoms with Crippen molar-refractivity contribution in [2.45, 2.75) is 33.2 Å². The summed E-state index contributed by atoms with van der Waals surface area (Å²) in [7, 11) is 0. The molecule has 0 saturated heterocycles. The number of rotatable bonds is 7. The molecule has 0 bridgehead atoms. The number of aromatic nitrogens is 1. The lowest BCUT2D eigenvalue weighted by molar-refractivity contribution is -0.385. The van der Waals surface area contributed by atoms with E-state index in [4.69, 9.17) is 0 Å². The average molecular weight is 360 g/mol.